The second kappa shape index (κ2) is 10.9. The van der Waals surface area contributed by atoms with Gasteiger partial charge < -0.3 is 15.2 Å². The fourth-order valence-electron chi connectivity index (χ4n) is 4.01. The van der Waals surface area contributed by atoms with E-state index in [1.54, 1.807) is 0 Å². The van der Waals surface area contributed by atoms with Crippen molar-refractivity contribution in [2.75, 3.05) is 11.9 Å². The molecule has 0 saturated heterocycles. The first-order valence-electron chi connectivity index (χ1n) is 10.8. The van der Waals surface area contributed by atoms with Crippen LogP contribution in [0.4, 0.5) is 18.9 Å². The molecule has 0 aromatic heterocycles. The molecule has 1 amide bonds. The number of benzene rings is 2. The van der Waals surface area contributed by atoms with Gasteiger partial charge in [0.25, 0.3) is 5.91 Å². The average molecular weight is 484 g/mol. The highest BCUT2D eigenvalue weighted by atomic mass is 35.5. The third kappa shape index (κ3) is 7.12. The molecule has 1 fully saturated rings. The maximum absolute atomic E-state index is 13.7. The van der Waals surface area contributed by atoms with E-state index in [0.29, 0.717) is 18.1 Å². The Labute approximate surface area is 194 Å². The second-order valence-electron chi connectivity index (χ2n) is 8.19. The van der Waals surface area contributed by atoms with E-state index in [1.165, 1.54) is 43.5 Å². The van der Waals surface area contributed by atoms with Crippen molar-refractivity contribution < 1.29 is 32.6 Å². The molecule has 0 radical (unpaired) electrons. The van der Waals surface area contributed by atoms with Crippen molar-refractivity contribution in [1.29, 1.82) is 0 Å². The van der Waals surface area contributed by atoms with Crippen LogP contribution in [0.1, 0.15) is 60.0 Å². The van der Waals surface area contributed by atoms with Crippen LogP contribution in [0.25, 0.3) is 0 Å². The summed E-state index contributed by atoms with van der Waals surface area (Å²) >= 11 is 6.04. The zero-order valence-corrected chi connectivity index (χ0v) is 18.6. The summed E-state index contributed by atoms with van der Waals surface area (Å²) in [4.78, 5) is 23.6. The lowest BCUT2D eigenvalue weighted by atomic mass is 9.87. The SMILES string of the molecule is O=C(O)Cc1ccc(Cl)c(NC(=O)c2ccc(OCCC3CCCCC3)cc2C(F)(F)F)c1. The summed E-state index contributed by atoms with van der Waals surface area (Å²) in [6, 6.07) is 7.41. The molecule has 33 heavy (non-hydrogen) atoms. The smallest absolute Gasteiger partial charge is 0.417 e. The predicted molar refractivity (Wildman–Crippen MR) is 119 cm³/mol. The minimum atomic E-state index is -4.77. The van der Waals surface area contributed by atoms with Crippen molar-refractivity contribution in [1.82, 2.24) is 0 Å². The van der Waals surface area contributed by atoms with Gasteiger partial charge in [-0.3, -0.25) is 9.59 Å². The Hall–Kier alpha value is -2.74. The molecule has 9 heteroatoms. The number of hydrogen-bond acceptors (Lipinski definition) is 3. The van der Waals surface area contributed by atoms with E-state index in [2.05, 4.69) is 5.32 Å². The van der Waals surface area contributed by atoms with Crippen LogP contribution in [-0.4, -0.2) is 23.6 Å². The lowest BCUT2D eigenvalue weighted by Crippen LogP contribution is -2.19. The number of halogens is 4. The molecule has 0 bridgehead atoms. The summed E-state index contributed by atoms with van der Waals surface area (Å²) in [5.74, 6) is -1.51. The van der Waals surface area contributed by atoms with Gasteiger partial charge in [0.05, 0.1) is 34.9 Å². The van der Waals surface area contributed by atoms with Gasteiger partial charge in [0.1, 0.15) is 5.75 Å². The fourth-order valence-corrected chi connectivity index (χ4v) is 4.17. The zero-order chi connectivity index (χ0) is 24.0. The Morgan fingerprint density at radius 1 is 1.09 bits per heavy atom. The summed E-state index contributed by atoms with van der Waals surface area (Å²) in [5.41, 5.74) is -1.32. The van der Waals surface area contributed by atoms with Crippen molar-refractivity contribution in [3.63, 3.8) is 0 Å². The molecule has 5 nitrogen and oxygen atoms in total. The number of ether oxygens (including phenoxy) is 1. The van der Waals surface area contributed by atoms with Gasteiger partial charge in [-0.05, 0) is 48.2 Å². The fraction of sp³-hybridized carbons (Fsp3) is 0.417. The average Bonchev–Trinajstić information content (AvgIpc) is 2.76. The molecule has 0 aliphatic heterocycles. The number of hydrogen-bond donors (Lipinski definition) is 2. The van der Waals surface area contributed by atoms with Crippen LogP contribution < -0.4 is 10.1 Å². The van der Waals surface area contributed by atoms with E-state index in [-0.39, 0.29) is 22.9 Å². The van der Waals surface area contributed by atoms with Gasteiger partial charge in [-0.2, -0.15) is 13.2 Å². The van der Waals surface area contributed by atoms with E-state index >= 15 is 0 Å². The molecule has 3 rings (SSSR count). The summed E-state index contributed by atoms with van der Waals surface area (Å²) in [5, 5.41) is 11.3. The van der Waals surface area contributed by atoms with Crippen molar-refractivity contribution in [3.8, 4) is 5.75 Å². The first-order chi connectivity index (χ1) is 15.6. The number of nitrogens with one attached hydrogen (secondary N) is 1. The maximum Gasteiger partial charge on any atom is 0.417 e. The number of alkyl halides is 3. The van der Waals surface area contributed by atoms with Gasteiger partial charge in [-0.25, -0.2) is 0 Å². The van der Waals surface area contributed by atoms with Gasteiger partial charge in [-0.1, -0.05) is 49.8 Å². The van der Waals surface area contributed by atoms with Crippen LogP contribution in [0.3, 0.4) is 0 Å². The lowest BCUT2D eigenvalue weighted by molar-refractivity contribution is -0.138. The zero-order valence-electron chi connectivity index (χ0n) is 17.9. The maximum atomic E-state index is 13.7. The van der Waals surface area contributed by atoms with Gasteiger partial charge in [0, 0.05) is 0 Å². The molecule has 2 aromatic carbocycles. The topological polar surface area (TPSA) is 75.6 Å². The number of carboxylic acid groups (broad SMARTS) is 1. The van der Waals surface area contributed by atoms with Gasteiger partial charge in [0.15, 0.2) is 0 Å². The molecular formula is C24H25ClF3NO4. The number of amides is 1. The molecular weight excluding hydrogens is 459 g/mol. The Morgan fingerprint density at radius 3 is 2.48 bits per heavy atom. The number of aliphatic carboxylic acids is 1. The van der Waals surface area contributed by atoms with Gasteiger partial charge in [0.2, 0.25) is 0 Å². The Morgan fingerprint density at radius 2 is 1.82 bits per heavy atom. The highest BCUT2D eigenvalue weighted by Gasteiger charge is 2.36. The summed E-state index contributed by atoms with van der Waals surface area (Å²) in [7, 11) is 0. The van der Waals surface area contributed by atoms with Crippen LogP contribution in [0.2, 0.25) is 5.02 Å². The largest absolute Gasteiger partial charge is 0.494 e. The molecule has 0 heterocycles. The predicted octanol–water partition coefficient (Wildman–Crippen LogP) is 6.59. The standard InChI is InChI=1S/C24H25ClF3NO4/c25-20-9-6-16(13-22(30)31)12-21(20)29-23(32)18-8-7-17(14-19(18)24(26,27)28)33-11-10-15-4-2-1-3-5-15/h6-9,12,14-15H,1-5,10-11,13H2,(H,29,32)(H,30,31). The number of carbonyl (C=O) groups is 2. The summed E-state index contributed by atoms with van der Waals surface area (Å²) in [6.07, 6.45) is 1.51. The molecule has 178 valence electrons. The van der Waals surface area contributed by atoms with E-state index < -0.39 is 29.2 Å². The van der Waals surface area contributed by atoms with Crippen LogP contribution in [0.5, 0.6) is 5.75 Å². The van der Waals surface area contributed by atoms with Crippen LogP contribution in [0, 0.1) is 5.92 Å². The number of rotatable bonds is 8. The third-order valence-electron chi connectivity index (χ3n) is 5.69. The molecule has 0 spiro atoms. The number of carbonyl (C=O) groups excluding carboxylic acids is 1. The van der Waals surface area contributed by atoms with Crippen LogP contribution in [0.15, 0.2) is 36.4 Å². The minimum absolute atomic E-state index is 0.0290. The monoisotopic (exact) mass is 483 g/mol. The van der Waals surface area contributed by atoms with E-state index in [4.69, 9.17) is 21.4 Å². The summed E-state index contributed by atoms with van der Waals surface area (Å²) < 4.78 is 46.7. The Kier molecular flexibility index (Phi) is 8.24. The third-order valence-corrected chi connectivity index (χ3v) is 6.02. The number of anilines is 1. The van der Waals surface area contributed by atoms with Gasteiger partial charge >= 0.3 is 12.1 Å². The molecule has 2 N–H and O–H groups in total. The molecule has 1 aliphatic carbocycles. The first kappa shape index (κ1) is 24.9. The highest BCUT2D eigenvalue weighted by Crippen LogP contribution is 2.35. The van der Waals surface area contributed by atoms with E-state index in [0.717, 1.165) is 31.4 Å². The van der Waals surface area contributed by atoms with Crippen molar-refractivity contribution in [2.45, 2.75) is 51.1 Å². The first-order valence-corrected chi connectivity index (χ1v) is 11.2. The van der Waals surface area contributed by atoms with Gasteiger partial charge in [-0.15, -0.1) is 0 Å². The molecule has 0 unspecified atom stereocenters. The van der Waals surface area contributed by atoms with Crippen LogP contribution in [-0.2, 0) is 17.4 Å². The van der Waals surface area contributed by atoms with Crippen molar-refractivity contribution >= 4 is 29.2 Å². The number of carboxylic acids is 1. The van der Waals surface area contributed by atoms with Crippen molar-refractivity contribution in [3.05, 3.63) is 58.1 Å². The molecule has 2 aromatic rings. The van der Waals surface area contributed by atoms with E-state index in [1.807, 2.05) is 0 Å². The Bertz CT molecular complexity index is 1000. The second-order valence-corrected chi connectivity index (χ2v) is 8.59. The highest BCUT2D eigenvalue weighted by molar-refractivity contribution is 6.34. The van der Waals surface area contributed by atoms with Crippen LogP contribution >= 0.6 is 11.6 Å². The molecule has 0 atom stereocenters. The quantitative estimate of drug-likeness (QED) is 0.444. The minimum Gasteiger partial charge on any atom is -0.494 e. The normalized spacial score (nSPS) is 14.7. The Balaban J connectivity index is 1.75. The molecule has 1 aliphatic rings. The van der Waals surface area contributed by atoms with E-state index in [9.17, 15) is 22.8 Å². The molecule has 1 saturated carbocycles. The lowest BCUT2D eigenvalue weighted by Gasteiger charge is -2.21. The summed E-state index contributed by atoms with van der Waals surface area (Å²) in [6.45, 7) is 0.319. The van der Waals surface area contributed by atoms with Crippen molar-refractivity contribution in [2.24, 2.45) is 5.92 Å².